The summed E-state index contributed by atoms with van der Waals surface area (Å²) in [5, 5.41) is 7.49. The lowest BCUT2D eigenvalue weighted by Crippen LogP contribution is -2.72. The van der Waals surface area contributed by atoms with Crippen LogP contribution in [-0.4, -0.2) is 71.8 Å². The molecule has 0 radical (unpaired) electrons. The molecule has 1 atom stereocenters. The van der Waals surface area contributed by atoms with Crippen LogP contribution < -0.4 is 0 Å². The average molecular weight is 290 g/mol. The quantitative estimate of drug-likeness (QED) is 0.818. The largest absolute Gasteiger partial charge is 0.384 e. The van der Waals surface area contributed by atoms with Crippen molar-refractivity contribution in [2.24, 2.45) is 5.92 Å². The molecule has 2 aliphatic heterocycles. The number of hydrogen-bond donors (Lipinski definition) is 0. The maximum Gasteiger partial charge on any atom is 0.255 e. The normalized spacial score (nSPS) is 24.9. The van der Waals surface area contributed by atoms with Crippen molar-refractivity contribution in [1.29, 1.82) is 0 Å². The number of likely N-dealkylation sites (tertiary alicyclic amines) is 2. The first-order valence-electron chi connectivity index (χ1n) is 7.41. The van der Waals surface area contributed by atoms with E-state index in [-0.39, 0.29) is 11.4 Å². The Morgan fingerprint density at radius 3 is 2.95 bits per heavy atom. The van der Waals surface area contributed by atoms with Crippen LogP contribution in [0, 0.1) is 5.92 Å². The van der Waals surface area contributed by atoms with E-state index in [0.29, 0.717) is 11.5 Å². The van der Waals surface area contributed by atoms with Crippen LogP contribution in [0.1, 0.15) is 23.2 Å². The summed E-state index contributed by atoms with van der Waals surface area (Å²) >= 11 is 0. The molecule has 1 spiro atoms. The highest BCUT2D eigenvalue weighted by atomic mass is 16.5. The summed E-state index contributed by atoms with van der Waals surface area (Å²) in [6, 6.07) is 1.72. The Morgan fingerprint density at radius 1 is 1.48 bits per heavy atom. The number of piperidine rings is 1. The molecule has 6 heteroatoms. The number of amides is 1. The molecule has 114 valence electrons. The van der Waals surface area contributed by atoms with Crippen molar-refractivity contribution in [3.63, 3.8) is 0 Å². The van der Waals surface area contributed by atoms with Gasteiger partial charge in [0, 0.05) is 26.8 Å². The minimum atomic E-state index is 0.0535. The van der Waals surface area contributed by atoms with Crippen LogP contribution in [0.15, 0.2) is 18.5 Å². The van der Waals surface area contributed by atoms with Crippen molar-refractivity contribution in [1.82, 2.24) is 20.0 Å². The first-order valence-corrected chi connectivity index (χ1v) is 7.41. The number of rotatable bonds is 3. The number of nitrogens with zero attached hydrogens (tertiary/aromatic N) is 4. The molecule has 21 heavy (non-hydrogen) atoms. The minimum Gasteiger partial charge on any atom is -0.384 e. The van der Waals surface area contributed by atoms with E-state index in [2.05, 4.69) is 22.1 Å². The molecule has 1 unspecified atom stereocenters. The van der Waals surface area contributed by atoms with Crippen molar-refractivity contribution < 1.29 is 9.53 Å². The second-order valence-electron chi connectivity index (χ2n) is 6.25. The molecule has 0 aliphatic carbocycles. The zero-order valence-electron chi connectivity index (χ0n) is 12.7. The number of likely N-dealkylation sites (N-methyl/N-ethyl adjacent to an activating group) is 1. The molecule has 2 saturated heterocycles. The van der Waals surface area contributed by atoms with Crippen molar-refractivity contribution in [3.05, 3.63) is 24.0 Å². The van der Waals surface area contributed by atoms with Gasteiger partial charge in [0.25, 0.3) is 5.91 Å². The molecule has 1 aromatic heterocycles. The molecule has 3 heterocycles. The Kier molecular flexibility index (Phi) is 3.91. The van der Waals surface area contributed by atoms with Crippen LogP contribution in [0.5, 0.6) is 0 Å². The Hall–Kier alpha value is -1.53. The minimum absolute atomic E-state index is 0.0535. The number of carbonyl (C=O) groups is 1. The molecular weight excluding hydrogens is 268 g/mol. The van der Waals surface area contributed by atoms with E-state index in [0.717, 1.165) is 32.7 Å². The van der Waals surface area contributed by atoms with Crippen LogP contribution in [0.25, 0.3) is 0 Å². The fraction of sp³-hybridized carbons (Fsp3) is 0.667. The van der Waals surface area contributed by atoms with E-state index in [4.69, 9.17) is 4.74 Å². The standard InChI is InChI=1S/C15H22N4O2/c1-18-6-4-12(9-21-2)7-15(18)10-19(11-15)14(20)13-3-5-16-17-8-13/h3,5,8,12H,4,6-7,9-11H2,1-2H3. The lowest BCUT2D eigenvalue weighted by molar-refractivity contribution is -0.0731. The third-order valence-electron chi connectivity index (χ3n) is 4.84. The number of ether oxygens (including phenoxy) is 1. The van der Waals surface area contributed by atoms with Gasteiger partial charge in [-0.25, -0.2) is 0 Å². The average Bonchev–Trinajstić information content (AvgIpc) is 2.47. The third kappa shape index (κ3) is 2.65. The van der Waals surface area contributed by atoms with E-state index in [1.807, 2.05) is 4.90 Å². The Labute approximate surface area is 125 Å². The van der Waals surface area contributed by atoms with Crippen molar-refractivity contribution in [3.8, 4) is 0 Å². The smallest absolute Gasteiger partial charge is 0.255 e. The molecule has 0 bridgehead atoms. The summed E-state index contributed by atoms with van der Waals surface area (Å²) in [4.78, 5) is 16.7. The summed E-state index contributed by atoms with van der Waals surface area (Å²) in [5.74, 6) is 0.656. The van der Waals surface area contributed by atoms with Gasteiger partial charge in [-0.15, -0.1) is 0 Å². The molecule has 1 aromatic rings. The predicted molar refractivity (Wildman–Crippen MR) is 77.9 cm³/mol. The highest BCUT2D eigenvalue weighted by Gasteiger charge is 2.50. The first-order chi connectivity index (χ1) is 10.1. The molecular formula is C15H22N4O2. The first kappa shape index (κ1) is 14.4. The summed E-state index contributed by atoms with van der Waals surface area (Å²) in [6.07, 6.45) is 5.37. The van der Waals surface area contributed by atoms with Crippen molar-refractivity contribution in [2.75, 3.05) is 40.4 Å². The number of hydrogen-bond acceptors (Lipinski definition) is 5. The SMILES string of the molecule is COCC1CCN(C)C2(C1)CN(C(=O)c1ccnnc1)C2. The van der Waals surface area contributed by atoms with E-state index in [9.17, 15) is 4.79 Å². The number of aromatic nitrogens is 2. The molecule has 6 nitrogen and oxygen atoms in total. The molecule has 0 saturated carbocycles. The van der Waals surface area contributed by atoms with Gasteiger partial charge in [-0.05, 0) is 38.4 Å². The van der Waals surface area contributed by atoms with E-state index in [1.165, 1.54) is 12.6 Å². The molecule has 3 rings (SSSR count). The summed E-state index contributed by atoms with van der Waals surface area (Å²) in [5.41, 5.74) is 0.754. The number of methoxy groups -OCH3 is 1. The van der Waals surface area contributed by atoms with Gasteiger partial charge in [-0.2, -0.15) is 10.2 Å². The lowest BCUT2D eigenvalue weighted by atomic mass is 9.75. The maximum absolute atomic E-state index is 12.4. The van der Waals surface area contributed by atoms with E-state index >= 15 is 0 Å². The fourth-order valence-electron chi connectivity index (χ4n) is 3.56. The Balaban J connectivity index is 1.64. The second-order valence-corrected chi connectivity index (χ2v) is 6.25. The third-order valence-corrected chi connectivity index (χ3v) is 4.84. The molecule has 2 aliphatic rings. The van der Waals surface area contributed by atoms with Crippen LogP contribution in [0.2, 0.25) is 0 Å². The van der Waals surface area contributed by atoms with Gasteiger partial charge >= 0.3 is 0 Å². The summed E-state index contributed by atoms with van der Waals surface area (Å²) < 4.78 is 5.31. The van der Waals surface area contributed by atoms with Gasteiger partial charge < -0.3 is 9.64 Å². The summed E-state index contributed by atoms with van der Waals surface area (Å²) in [7, 11) is 3.93. The second kappa shape index (κ2) is 5.69. The monoisotopic (exact) mass is 290 g/mol. The lowest BCUT2D eigenvalue weighted by Gasteiger charge is -2.58. The fourth-order valence-corrected chi connectivity index (χ4v) is 3.56. The van der Waals surface area contributed by atoms with Gasteiger partial charge in [0.15, 0.2) is 0 Å². The van der Waals surface area contributed by atoms with Crippen LogP contribution in [-0.2, 0) is 4.74 Å². The van der Waals surface area contributed by atoms with E-state index in [1.54, 1.807) is 19.4 Å². The van der Waals surface area contributed by atoms with Crippen LogP contribution >= 0.6 is 0 Å². The van der Waals surface area contributed by atoms with Gasteiger partial charge in [0.1, 0.15) is 0 Å². The topological polar surface area (TPSA) is 58.6 Å². The predicted octanol–water partition coefficient (Wildman–Crippen LogP) is 0.659. The van der Waals surface area contributed by atoms with Gasteiger partial charge in [-0.1, -0.05) is 0 Å². The summed E-state index contributed by atoms with van der Waals surface area (Å²) in [6.45, 7) is 3.49. The Morgan fingerprint density at radius 2 is 2.29 bits per heavy atom. The van der Waals surface area contributed by atoms with Crippen LogP contribution in [0.3, 0.4) is 0 Å². The maximum atomic E-state index is 12.4. The highest BCUT2D eigenvalue weighted by Crippen LogP contribution is 2.38. The van der Waals surface area contributed by atoms with E-state index < -0.39 is 0 Å². The van der Waals surface area contributed by atoms with Gasteiger partial charge in [0.05, 0.1) is 23.5 Å². The molecule has 2 fully saturated rings. The number of carbonyl (C=O) groups excluding carboxylic acids is 1. The zero-order chi connectivity index (χ0) is 14.9. The molecule has 0 N–H and O–H groups in total. The zero-order valence-corrected chi connectivity index (χ0v) is 12.7. The molecule has 0 aromatic carbocycles. The van der Waals surface area contributed by atoms with Crippen molar-refractivity contribution in [2.45, 2.75) is 18.4 Å². The van der Waals surface area contributed by atoms with Gasteiger partial charge in [0.2, 0.25) is 0 Å². The Bertz CT molecular complexity index is 502. The van der Waals surface area contributed by atoms with Gasteiger partial charge in [-0.3, -0.25) is 9.69 Å². The highest BCUT2D eigenvalue weighted by molar-refractivity contribution is 5.94. The van der Waals surface area contributed by atoms with Crippen LogP contribution in [0.4, 0.5) is 0 Å². The van der Waals surface area contributed by atoms with Crippen molar-refractivity contribution >= 4 is 5.91 Å². The molecule has 1 amide bonds.